The SMILES string of the molecule is CC(C)CNC(=O)c1cccnc1N1CCc2ccccc2C1. The third-order valence-electron chi connectivity index (χ3n) is 4.13. The minimum atomic E-state index is -0.0411. The van der Waals surface area contributed by atoms with Gasteiger partial charge in [0.1, 0.15) is 5.82 Å². The molecule has 1 aliphatic heterocycles. The maximum atomic E-state index is 12.5. The molecule has 0 radical (unpaired) electrons. The van der Waals surface area contributed by atoms with Crippen LogP contribution in [0.2, 0.25) is 0 Å². The predicted molar refractivity (Wildman–Crippen MR) is 92.6 cm³/mol. The lowest BCUT2D eigenvalue weighted by Crippen LogP contribution is -2.34. The van der Waals surface area contributed by atoms with Gasteiger partial charge in [0, 0.05) is 25.8 Å². The van der Waals surface area contributed by atoms with Gasteiger partial charge in [-0.2, -0.15) is 0 Å². The predicted octanol–water partition coefficient (Wildman–Crippen LogP) is 3.03. The first-order chi connectivity index (χ1) is 11.1. The number of benzene rings is 1. The number of aromatic nitrogens is 1. The zero-order valence-corrected chi connectivity index (χ0v) is 13.7. The largest absolute Gasteiger partial charge is 0.352 e. The molecule has 0 spiro atoms. The highest BCUT2D eigenvalue weighted by Gasteiger charge is 2.22. The Bertz CT molecular complexity index is 697. The molecule has 0 saturated heterocycles. The number of carbonyl (C=O) groups excluding carboxylic acids is 1. The van der Waals surface area contributed by atoms with Crippen LogP contribution in [0.4, 0.5) is 5.82 Å². The number of carbonyl (C=O) groups is 1. The molecule has 1 aromatic carbocycles. The van der Waals surface area contributed by atoms with Crippen molar-refractivity contribution < 1.29 is 4.79 Å². The molecule has 0 atom stereocenters. The number of anilines is 1. The van der Waals surface area contributed by atoms with E-state index in [0.29, 0.717) is 18.0 Å². The Morgan fingerprint density at radius 2 is 2.00 bits per heavy atom. The number of amides is 1. The highest BCUT2D eigenvalue weighted by molar-refractivity contribution is 5.98. The molecule has 0 bridgehead atoms. The van der Waals surface area contributed by atoms with Crippen molar-refractivity contribution in [1.82, 2.24) is 10.3 Å². The molecule has 2 heterocycles. The average molecular weight is 309 g/mol. The number of hydrogen-bond acceptors (Lipinski definition) is 3. The van der Waals surface area contributed by atoms with Gasteiger partial charge in [0.25, 0.3) is 5.91 Å². The summed E-state index contributed by atoms with van der Waals surface area (Å²) in [5.41, 5.74) is 3.37. The molecule has 1 aromatic heterocycles. The third-order valence-corrected chi connectivity index (χ3v) is 4.13. The van der Waals surface area contributed by atoms with E-state index in [4.69, 9.17) is 0 Å². The molecule has 4 heteroatoms. The van der Waals surface area contributed by atoms with Crippen molar-refractivity contribution >= 4 is 11.7 Å². The van der Waals surface area contributed by atoms with Crippen molar-refractivity contribution in [3.8, 4) is 0 Å². The molecule has 1 N–H and O–H groups in total. The fourth-order valence-corrected chi connectivity index (χ4v) is 2.89. The summed E-state index contributed by atoms with van der Waals surface area (Å²) in [5.74, 6) is 1.17. The van der Waals surface area contributed by atoms with E-state index in [2.05, 4.69) is 53.3 Å². The highest BCUT2D eigenvalue weighted by atomic mass is 16.1. The maximum Gasteiger partial charge on any atom is 0.255 e. The highest BCUT2D eigenvalue weighted by Crippen LogP contribution is 2.25. The standard InChI is InChI=1S/C19H23N3O/c1-14(2)12-21-19(23)17-8-5-10-20-18(17)22-11-9-15-6-3-4-7-16(15)13-22/h3-8,10,14H,9,11-13H2,1-2H3,(H,21,23). The number of nitrogens with zero attached hydrogens (tertiary/aromatic N) is 2. The minimum Gasteiger partial charge on any atom is -0.352 e. The van der Waals surface area contributed by atoms with Gasteiger partial charge < -0.3 is 10.2 Å². The van der Waals surface area contributed by atoms with Crippen molar-refractivity contribution in [3.63, 3.8) is 0 Å². The van der Waals surface area contributed by atoms with Crippen LogP contribution in [-0.2, 0) is 13.0 Å². The average Bonchev–Trinajstić information content (AvgIpc) is 2.59. The van der Waals surface area contributed by atoms with Crippen molar-refractivity contribution in [3.05, 3.63) is 59.3 Å². The van der Waals surface area contributed by atoms with E-state index < -0.39 is 0 Å². The molecule has 0 aliphatic carbocycles. The zero-order valence-electron chi connectivity index (χ0n) is 13.7. The van der Waals surface area contributed by atoms with Crippen LogP contribution in [0.15, 0.2) is 42.6 Å². The number of fused-ring (bicyclic) bond motifs is 1. The summed E-state index contributed by atoms with van der Waals surface area (Å²) in [7, 11) is 0. The molecule has 3 rings (SSSR count). The third kappa shape index (κ3) is 3.52. The molecule has 0 saturated carbocycles. The topological polar surface area (TPSA) is 45.2 Å². The number of rotatable bonds is 4. The fraction of sp³-hybridized carbons (Fsp3) is 0.368. The molecule has 23 heavy (non-hydrogen) atoms. The molecular weight excluding hydrogens is 286 g/mol. The lowest BCUT2D eigenvalue weighted by molar-refractivity contribution is 0.0949. The maximum absolute atomic E-state index is 12.5. The van der Waals surface area contributed by atoms with E-state index in [1.807, 2.05) is 12.1 Å². The summed E-state index contributed by atoms with van der Waals surface area (Å²) >= 11 is 0. The van der Waals surface area contributed by atoms with Crippen LogP contribution in [0.3, 0.4) is 0 Å². The molecule has 1 aliphatic rings. The van der Waals surface area contributed by atoms with Crippen molar-refractivity contribution in [2.24, 2.45) is 5.92 Å². The normalized spacial score (nSPS) is 13.8. The number of hydrogen-bond donors (Lipinski definition) is 1. The lowest BCUT2D eigenvalue weighted by Gasteiger charge is -2.30. The molecule has 1 amide bonds. The lowest BCUT2D eigenvalue weighted by atomic mass is 9.99. The van der Waals surface area contributed by atoms with E-state index >= 15 is 0 Å². The van der Waals surface area contributed by atoms with Gasteiger partial charge >= 0.3 is 0 Å². The van der Waals surface area contributed by atoms with Gasteiger partial charge in [-0.05, 0) is 35.6 Å². The Balaban J connectivity index is 1.82. The zero-order chi connectivity index (χ0) is 16.2. The van der Waals surface area contributed by atoms with Crippen molar-refractivity contribution in [2.75, 3.05) is 18.0 Å². The molecule has 4 nitrogen and oxygen atoms in total. The van der Waals surface area contributed by atoms with Crippen LogP contribution < -0.4 is 10.2 Å². The van der Waals surface area contributed by atoms with Gasteiger partial charge in [0.2, 0.25) is 0 Å². The van der Waals surface area contributed by atoms with Gasteiger partial charge in [0.05, 0.1) is 5.56 Å². The summed E-state index contributed by atoms with van der Waals surface area (Å²) in [6.45, 7) is 6.55. The summed E-state index contributed by atoms with van der Waals surface area (Å²) < 4.78 is 0. The molecule has 120 valence electrons. The van der Waals surface area contributed by atoms with Crippen molar-refractivity contribution in [2.45, 2.75) is 26.8 Å². The summed E-state index contributed by atoms with van der Waals surface area (Å²) in [5, 5.41) is 2.99. The monoisotopic (exact) mass is 309 g/mol. The molecule has 2 aromatic rings. The first-order valence-electron chi connectivity index (χ1n) is 8.20. The van der Waals surface area contributed by atoms with Gasteiger partial charge in [-0.15, -0.1) is 0 Å². The Morgan fingerprint density at radius 1 is 1.22 bits per heavy atom. The second kappa shape index (κ2) is 6.82. The molecule has 0 fully saturated rings. The van der Waals surface area contributed by atoms with E-state index in [1.165, 1.54) is 11.1 Å². The van der Waals surface area contributed by atoms with Gasteiger partial charge in [-0.25, -0.2) is 4.98 Å². The van der Waals surface area contributed by atoms with E-state index in [9.17, 15) is 4.79 Å². The Labute approximate surface area is 137 Å². The molecule has 0 unspecified atom stereocenters. The van der Waals surface area contributed by atoms with Crippen LogP contribution in [0.1, 0.15) is 35.3 Å². The second-order valence-electron chi connectivity index (χ2n) is 6.42. The number of pyridine rings is 1. The smallest absolute Gasteiger partial charge is 0.255 e. The van der Waals surface area contributed by atoms with Crippen LogP contribution in [0.25, 0.3) is 0 Å². The van der Waals surface area contributed by atoms with E-state index in [-0.39, 0.29) is 5.91 Å². The second-order valence-corrected chi connectivity index (χ2v) is 6.42. The first kappa shape index (κ1) is 15.5. The van der Waals surface area contributed by atoms with Crippen LogP contribution in [0, 0.1) is 5.92 Å². The quantitative estimate of drug-likeness (QED) is 0.944. The summed E-state index contributed by atoms with van der Waals surface area (Å²) in [6.07, 6.45) is 2.74. The van der Waals surface area contributed by atoms with Gasteiger partial charge in [-0.1, -0.05) is 38.1 Å². The van der Waals surface area contributed by atoms with Gasteiger partial charge in [0.15, 0.2) is 0 Å². The Morgan fingerprint density at radius 3 is 2.78 bits per heavy atom. The Hall–Kier alpha value is -2.36. The van der Waals surface area contributed by atoms with Crippen LogP contribution in [-0.4, -0.2) is 24.0 Å². The summed E-state index contributed by atoms with van der Waals surface area (Å²) in [4.78, 5) is 19.2. The minimum absolute atomic E-state index is 0.0411. The van der Waals surface area contributed by atoms with Crippen molar-refractivity contribution in [1.29, 1.82) is 0 Å². The fourth-order valence-electron chi connectivity index (χ4n) is 2.89. The van der Waals surface area contributed by atoms with Crippen LogP contribution in [0.5, 0.6) is 0 Å². The number of nitrogens with one attached hydrogen (secondary N) is 1. The molecular formula is C19H23N3O. The Kier molecular flexibility index (Phi) is 4.60. The first-order valence-corrected chi connectivity index (χ1v) is 8.20. The van der Waals surface area contributed by atoms with E-state index in [1.54, 1.807) is 6.20 Å². The summed E-state index contributed by atoms with van der Waals surface area (Å²) in [6, 6.07) is 12.2. The van der Waals surface area contributed by atoms with Gasteiger partial charge in [-0.3, -0.25) is 4.79 Å². The van der Waals surface area contributed by atoms with Crippen LogP contribution >= 0.6 is 0 Å². The van der Waals surface area contributed by atoms with E-state index in [0.717, 1.165) is 25.3 Å².